The number of aryl methyl sites for hydroxylation is 1. The van der Waals surface area contributed by atoms with Gasteiger partial charge in [-0.2, -0.15) is 0 Å². The molecule has 1 aromatic rings. The van der Waals surface area contributed by atoms with Crippen molar-refractivity contribution in [3.63, 3.8) is 0 Å². The minimum absolute atomic E-state index is 0.103. The quantitative estimate of drug-likeness (QED) is 0.895. The van der Waals surface area contributed by atoms with E-state index in [1.165, 1.54) is 37.7 Å². The van der Waals surface area contributed by atoms with E-state index < -0.39 is 0 Å². The average Bonchev–Trinajstić information content (AvgIpc) is 2.92. The molecule has 4 heteroatoms. The number of nitrogens with one attached hydrogen (secondary N) is 1. The predicted molar refractivity (Wildman–Crippen MR) is 83.1 cm³/mol. The largest absolute Gasteiger partial charge is 0.468 e. The number of aliphatic hydroxyl groups is 1. The third-order valence-electron chi connectivity index (χ3n) is 5.21. The minimum atomic E-state index is -0.103. The van der Waals surface area contributed by atoms with Gasteiger partial charge in [-0.25, -0.2) is 0 Å². The summed E-state index contributed by atoms with van der Waals surface area (Å²) in [6.07, 6.45) is 8.63. The zero-order valence-electron chi connectivity index (χ0n) is 13.1. The maximum Gasteiger partial charge on any atom is 0.120 e. The molecule has 1 saturated carbocycles. The Hall–Kier alpha value is -0.840. The number of piperidine rings is 1. The molecule has 21 heavy (non-hydrogen) atoms. The number of nitrogens with zero attached hydrogens (tertiary/aromatic N) is 1. The summed E-state index contributed by atoms with van der Waals surface area (Å²) in [5.41, 5.74) is 1.23. The molecule has 1 aliphatic heterocycles. The molecule has 2 aliphatic rings. The number of hydrogen-bond donors (Lipinski definition) is 2. The van der Waals surface area contributed by atoms with E-state index in [4.69, 9.17) is 4.42 Å². The van der Waals surface area contributed by atoms with Gasteiger partial charge in [-0.1, -0.05) is 12.8 Å². The summed E-state index contributed by atoms with van der Waals surface area (Å²) in [4.78, 5) is 2.51. The maximum absolute atomic E-state index is 10.2. The van der Waals surface area contributed by atoms with Crippen LogP contribution in [0.5, 0.6) is 0 Å². The predicted octanol–water partition coefficient (Wildman–Crippen LogP) is 2.45. The SMILES string of the molecule is Cc1ccoc1CNC1CCN(C2CCCCC2O)CC1. The van der Waals surface area contributed by atoms with Crippen LogP contribution < -0.4 is 5.32 Å². The molecule has 2 fully saturated rings. The van der Waals surface area contributed by atoms with Crippen molar-refractivity contribution in [3.8, 4) is 0 Å². The lowest BCUT2D eigenvalue weighted by Gasteiger charge is -2.41. The van der Waals surface area contributed by atoms with Crippen molar-refractivity contribution in [1.29, 1.82) is 0 Å². The van der Waals surface area contributed by atoms with Gasteiger partial charge in [0.15, 0.2) is 0 Å². The third-order valence-corrected chi connectivity index (χ3v) is 5.21. The van der Waals surface area contributed by atoms with Crippen molar-refractivity contribution in [2.75, 3.05) is 13.1 Å². The van der Waals surface area contributed by atoms with E-state index in [0.29, 0.717) is 12.1 Å². The first-order chi connectivity index (χ1) is 10.2. The summed E-state index contributed by atoms with van der Waals surface area (Å²) in [6, 6.07) is 3.00. The zero-order valence-corrected chi connectivity index (χ0v) is 13.1. The van der Waals surface area contributed by atoms with Gasteiger partial charge in [0, 0.05) is 25.2 Å². The fourth-order valence-corrected chi connectivity index (χ4v) is 3.78. The standard InChI is InChI=1S/C17H28N2O2/c1-13-8-11-21-17(13)12-18-14-6-9-19(10-7-14)15-4-2-3-5-16(15)20/h8,11,14-16,18,20H,2-7,9-10,12H2,1H3. The fraction of sp³-hybridized carbons (Fsp3) is 0.765. The topological polar surface area (TPSA) is 48.6 Å². The Morgan fingerprint density at radius 3 is 2.67 bits per heavy atom. The number of furan rings is 1. The summed E-state index contributed by atoms with van der Waals surface area (Å²) in [5.74, 6) is 1.06. The molecule has 2 N–H and O–H groups in total. The number of rotatable bonds is 4. The van der Waals surface area contributed by atoms with Gasteiger partial charge in [-0.15, -0.1) is 0 Å². The Morgan fingerprint density at radius 2 is 2.00 bits per heavy atom. The van der Waals surface area contributed by atoms with Crippen LogP contribution >= 0.6 is 0 Å². The monoisotopic (exact) mass is 292 g/mol. The second-order valence-corrected chi connectivity index (χ2v) is 6.64. The van der Waals surface area contributed by atoms with E-state index in [-0.39, 0.29) is 6.10 Å². The Balaban J connectivity index is 1.43. The van der Waals surface area contributed by atoms with Crippen molar-refractivity contribution in [1.82, 2.24) is 10.2 Å². The lowest BCUT2D eigenvalue weighted by atomic mass is 9.89. The van der Waals surface area contributed by atoms with E-state index >= 15 is 0 Å². The van der Waals surface area contributed by atoms with Crippen LogP contribution in [-0.4, -0.2) is 41.3 Å². The molecule has 0 bridgehead atoms. The molecule has 4 nitrogen and oxygen atoms in total. The van der Waals surface area contributed by atoms with Crippen molar-refractivity contribution >= 4 is 0 Å². The molecule has 3 rings (SSSR count). The number of likely N-dealkylation sites (tertiary alicyclic amines) is 1. The summed E-state index contributed by atoms with van der Waals surface area (Å²) in [6.45, 7) is 5.14. The fourth-order valence-electron chi connectivity index (χ4n) is 3.78. The molecule has 1 aliphatic carbocycles. The summed E-state index contributed by atoms with van der Waals surface area (Å²) in [7, 11) is 0. The molecule has 2 atom stereocenters. The molecule has 2 heterocycles. The first kappa shape index (κ1) is 15.1. The van der Waals surface area contributed by atoms with Gasteiger partial charge in [-0.05, 0) is 44.2 Å². The highest BCUT2D eigenvalue weighted by Crippen LogP contribution is 2.26. The summed E-state index contributed by atoms with van der Waals surface area (Å²) in [5, 5.41) is 13.8. The zero-order chi connectivity index (χ0) is 14.7. The van der Waals surface area contributed by atoms with Gasteiger partial charge in [-0.3, -0.25) is 4.90 Å². The molecule has 0 aromatic carbocycles. The smallest absolute Gasteiger partial charge is 0.120 e. The van der Waals surface area contributed by atoms with E-state index in [1.54, 1.807) is 6.26 Å². The van der Waals surface area contributed by atoms with E-state index in [2.05, 4.69) is 17.1 Å². The second-order valence-electron chi connectivity index (χ2n) is 6.64. The molecule has 0 spiro atoms. The van der Waals surface area contributed by atoms with Crippen LogP contribution in [0.1, 0.15) is 49.8 Å². The van der Waals surface area contributed by atoms with Crippen LogP contribution in [0.3, 0.4) is 0 Å². The highest BCUT2D eigenvalue weighted by molar-refractivity contribution is 5.14. The third kappa shape index (κ3) is 3.68. The van der Waals surface area contributed by atoms with Crippen LogP contribution in [0, 0.1) is 6.92 Å². The van der Waals surface area contributed by atoms with Crippen LogP contribution in [0.2, 0.25) is 0 Å². The van der Waals surface area contributed by atoms with Crippen LogP contribution in [0.25, 0.3) is 0 Å². The van der Waals surface area contributed by atoms with Crippen molar-refractivity contribution in [2.24, 2.45) is 0 Å². The minimum Gasteiger partial charge on any atom is -0.468 e. The molecule has 0 amide bonds. The van der Waals surface area contributed by atoms with Gasteiger partial charge in [0.05, 0.1) is 18.9 Å². The Kier molecular flexibility index (Phi) is 4.99. The first-order valence-corrected chi connectivity index (χ1v) is 8.42. The molecule has 118 valence electrons. The molecule has 1 saturated heterocycles. The van der Waals surface area contributed by atoms with Crippen LogP contribution in [0.4, 0.5) is 0 Å². The Morgan fingerprint density at radius 1 is 1.24 bits per heavy atom. The Bertz CT molecular complexity index is 438. The molecular formula is C17H28N2O2. The highest BCUT2D eigenvalue weighted by atomic mass is 16.3. The Labute approximate surface area is 127 Å². The van der Waals surface area contributed by atoms with E-state index in [0.717, 1.165) is 31.8 Å². The maximum atomic E-state index is 10.2. The van der Waals surface area contributed by atoms with Crippen molar-refractivity contribution < 1.29 is 9.52 Å². The van der Waals surface area contributed by atoms with Gasteiger partial charge in [0.25, 0.3) is 0 Å². The lowest BCUT2D eigenvalue weighted by Crippen LogP contribution is -2.51. The van der Waals surface area contributed by atoms with Crippen LogP contribution in [0.15, 0.2) is 16.7 Å². The summed E-state index contributed by atoms with van der Waals surface area (Å²) < 4.78 is 5.48. The molecular weight excluding hydrogens is 264 g/mol. The lowest BCUT2D eigenvalue weighted by molar-refractivity contribution is 0.00706. The normalized spacial score (nSPS) is 28.9. The van der Waals surface area contributed by atoms with Gasteiger partial charge in [0.2, 0.25) is 0 Å². The van der Waals surface area contributed by atoms with Crippen molar-refractivity contribution in [3.05, 3.63) is 23.7 Å². The molecule has 0 radical (unpaired) electrons. The van der Waals surface area contributed by atoms with Crippen molar-refractivity contribution in [2.45, 2.75) is 70.2 Å². The van der Waals surface area contributed by atoms with Gasteiger partial charge in [0.1, 0.15) is 5.76 Å². The van der Waals surface area contributed by atoms with Crippen LogP contribution in [-0.2, 0) is 6.54 Å². The second kappa shape index (κ2) is 6.95. The van der Waals surface area contributed by atoms with Gasteiger partial charge >= 0.3 is 0 Å². The summed E-state index contributed by atoms with van der Waals surface area (Å²) >= 11 is 0. The average molecular weight is 292 g/mol. The van der Waals surface area contributed by atoms with E-state index in [1.807, 2.05) is 6.07 Å². The highest BCUT2D eigenvalue weighted by Gasteiger charge is 2.31. The first-order valence-electron chi connectivity index (χ1n) is 8.42. The molecule has 1 aromatic heterocycles. The number of aliphatic hydroxyl groups excluding tert-OH is 1. The molecule has 2 unspecified atom stereocenters. The number of hydrogen-bond acceptors (Lipinski definition) is 4. The van der Waals surface area contributed by atoms with E-state index in [9.17, 15) is 5.11 Å². The van der Waals surface area contributed by atoms with Gasteiger partial charge < -0.3 is 14.8 Å².